The van der Waals surface area contributed by atoms with Gasteiger partial charge in [-0.3, -0.25) is 4.90 Å². The number of benzene rings is 1. The Morgan fingerprint density at radius 1 is 1.56 bits per heavy atom. The number of likely N-dealkylation sites (tertiary alicyclic amines) is 1. The van der Waals surface area contributed by atoms with Crippen LogP contribution in [0.25, 0.3) is 0 Å². The van der Waals surface area contributed by atoms with Gasteiger partial charge in [-0.25, -0.2) is 0 Å². The van der Waals surface area contributed by atoms with E-state index < -0.39 is 0 Å². The van der Waals surface area contributed by atoms with Crippen LogP contribution < -0.4 is 5.73 Å². The summed E-state index contributed by atoms with van der Waals surface area (Å²) in [5.74, 6) is 0. The van der Waals surface area contributed by atoms with Crippen LogP contribution in [0.4, 0.5) is 0 Å². The summed E-state index contributed by atoms with van der Waals surface area (Å²) in [6, 6.07) is 6.23. The Labute approximate surface area is 121 Å². The second-order valence-electron chi connectivity index (χ2n) is 4.59. The first-order valence-electron chi connectivity index (χ1n) is 6.07. The van der Waals surface area contributed by atoms with E-state index in [1.807, 2.05) is 18.2 Å². The van der Waals surface area contributed by atoms with E-state index in [4.69, 9.17) is 22.1 Å². The van der Waals surface area contributed by atoms with Crippen molar-refractivity contribution in [3.8, 4) is 0 Å². The van der Waals surface area contributed by atoms with Gasteiger partial charge in [-0.2, -0.15) is 0 Å². The van der Waals surface area contributed by atoms with Gasteiger partial charge in [0.15, 0.2) is 0 Å². The van der Waals surface area contributed by atoms with Crippen molar-refractivity contribution in [1.29, 1.82) is 0 Å². The van der Waals surface area contributed by atoms with Crippen molar-refractivity contribution in [2.24, 2.45) is 5.73 Å². The molecular formula is C13H18BrClN2O. The van der Waals surface area contributed by atoms with Gasteiger partial charge in [-0.05, 0) is 30.2 Å². The van der Waals surface area contributed by atoms with Gasteiger partial charge >= 0.3 is 0 Å². The zero-order valence-corrected chi connectivity index (χ0v) is 12.7. The first-order chi connectivity index (χ1) is 8.63. The molecule has 1 aliphatic heterocycles. The van der Waals surface area contributed by atoms with Crippen LogP contribution in [0, 0.1) is 0 Å². The van der Waals surface area contributed by atoms with Crippen molar-refractivity contribution in [2.75, 3.05) is 26.8 Å². The summed E-state index contributed by atoms with van der Waals surface area (Å²) in [7, 11) is 1.72. The van der Waals surface area contributed by atoms with Crippen molar-refractivity contribution < 1.29 is 4.74 Å². The van der Waals surface area contributed by atoms with E-state index >= 15 is 0 Å². The summed E-state index contributed by atoms with van der Waals surface area (Å²) in [4.78, 5) is 2.37. The Bertz CT molecular complexity index is 416. The van der Waals surface area contributed by atoms with E-state index in [9.17, 15) is 0 Å². The molecule has 100 valence electrons. The maximum Gasteiger partial charge on any atom is 0.0589 e. The maximum absolute atomic E-state index is 6.25. The van der Waals surface area contributed by atoms with Gasteiger partial charge in [0, 0.05) is 35.7 Å². The number of hydrogen-bond acceptors (Lipinski definition) is 3. The molecule has 2 rings (SSSR count). The average Bonchev–Trinajstić information content (AvgIpc) is 2.71. The minimum absolute atomic E-state index is 0.150. The highest BCUT2D eigenvalue weighted by Crippen LogP contribution is 2.36. The SMILES string of the molecule is COCCN1CCC(N)C1c1cc(Cl)ccc1Br. The first kappa shape index (κ1) is 14.3. The number of nitrogens with two attached hydrogens (primary N) is 1. The van der Waals surface area contributed by atoms with Crippen LogP contribution in [0.15, 0.2) is 22.7 Å². The van der Waals surface area contributed by atoms with Gasteiger partial charge in [0.1, 0.15) is 0 Å². The van der Waals surface area contributed by atoms with Crippen molar-refractivity contribution in [2.45, 2.75) is 18.5 Å². The predicted molar refractivity (Wildman–Crippen MR) is 77.9 cm³/mol. The molecule has 0 saturated carbocycles. The lowest BCUT2D eigenvalue weighted by atomic mass is 10.0. The molecule has 0 bridgehead atoms. The van der Waals surface area contributed by atoms with E-state index in [1.54, 1.807) is 7.11 Å². The van der Waals surface area contributed by atoms with Crippen molar-refractivity contribution in [1.82, 2.24) is 4.90 Å². The molecule has 1 aromatic rings. The third-order valence-electron chi connectivity index (χ3n) is 3.41. The summed E-state index contributed by atoms with van der Waals surface area (Å²) in [6.07, 6.45) is 1.01. The fraction of sp³-hybridized carbons (Fsp3) is 0.538. The zero-order valence-electron chi connectivity index (χ0n) is 10.4. The third-order valence-corrected chi connectivity index (χ3v) is 4.37. The third kappa shape index (κ3) is 3.06. The zero-order chi connectivity index (χ0) is 13.1. The van der Waals surface area contributed by atoms with Gasteiger partial charge in [-0.1, -0.05) is 27.5 Å². The Morgan fingerprint density at radius 2 is 2.33 bits per heavy atom. The van der Waals surface area contributed by atoms with Crippen LogP contribution in [0.3, 0.4) is 0 Å². The quantitative estimate of drug-likeness (QED) is 0.921. The van der Waals surface area contributed by atoms with E-state index in [0.29, 0.717) is 0 Å². The number of ether oxygens (including phenoxy) is 1. The molecule has 0 aromatic heterocycles. The number of halogens is 2. The Kier molecular flexibility index (Phi) is 5.04. The van der Waals surface area contributed by atoms with E-state index in [0.717, 1.165) is 35.6 Å². The van der Waals surface area contributed by atoms with Crippen LogP contribution in [0.5, 0.6) is 0 Å². The standard InChI is InChI=1S/C13H18BrClN2O/c1-18-7-6-17-5-4-12(16)13(17)10-8-9(15)2-3-11(10)14/h2-3,8,12-13H,4-7,16H2,1H3. The molecule has 2 unspecified atom stereocenters. The van der Waals surface area contributed by atoms with Gasteiger partial charge in [0.2, 0.25) is 0 Å². The molecular weight excluding hydrogens is 316 g/mol. The smallest absolute Gasteiger partial charge is 0.0589 e. The van der Waals surface area contributed by atoms with E-state index in [2.05, 4.69) is 20.8 Å². The summed E-state index contributed by atoms with van der Waals surface area (Å²) >= 11 is 9.68. The maximum atomic E-state index is 6.25. The van der Waals surface area contributed by atoms with Crippen LogP contribution in [-0.2, 0) is 4.74 Å². The van der Waals surface area contributed by atoms with Gasteiger partial charge in [0.25, 0.3) is 0 Å². The molecule has 0 aliphatic carbocycles. The highest BCUT2D eigenvalue weighted by atomic mass is 79.9. The second-order valence-corrected chi connectivity index (χ2v) is 5.88. The van der Waals surface area contributed by atoms with Crippen LogP contribution in [0.1, 0.15) is 18.0 Å². The lowest BCUT2D eigenvalue weighted by Gasteiger charge is -2.27. The fourth-order valence-electron chi connectivity index (χ4n) is 2.51. The molecule has 5 heteroatoms. The molecule has 1 aliphatic rings. The summed E-state index contributed by atoms with van der Waals surface area (Å²) < 4.78 is 6.22. The summed E-state index contributed by atoms with van der Waals surface area (Å²) in [5, 5.41) is 0.749. The Morgan fingerprint density at radius 3 is 3.06 bits per heavy atom. The molecule has 0 amide bonds. The normalized spacial score (nSPS) is 24.7. The van der Waals surface area contributed by atoms with Gasteiger partial charge in [0.05, 0.1) is 12.6 Å². The molecule has 2 N–H and O–H groups in total. The van der Waals surface area contributed by atoms with Crippen LogP contribution in [-0.4, -0.2) is 37.7 Å². The largest absolute Gasteiger partial charge is 0.383 e. The lowest BCUT2D eigenvalue weighted by Crippen LogP contribution is -2.34. The minimum Gasteiger partial charge on any atom is -0.383 e. The number of methoxy groups -OCH3 is 1. The Balaban J connectivity index is 2.24. The molecule has 1 saturated heterocycles. The molecule has 0 spiro atoms. The molecule has 1 aromatic carbocycles. The Hall–Kier alpha value is -0.130. The van der Waals surface area contributed by atoms with Gasteiger partial charge in [-0.15, -0.1) is 0 Å². The summed E-state index contributed by atoms with van der Waals surface area (Å²) in [6.45, 7) is 2.63. The highest BCUT2D eigenvalue weighted by Gasteiger charge is 2.33. The number of nitrogens with zero attached hydrogens (tertiary/aromatic N) is 1. The highest BCUT2D eigenvalue weighted by molar-refractivity contribution is 9.10. The monoisotopic (exact) mass is 332 g/mol. The summed E-state index contributed by atoms with van der Waals surface area (Å²) in [5.41, 5.74) is 7.42. The van der Waals surface area contributed by atoms with E-state index in [1.165, 1.54) is 5.56 Å². The molecule has 1 fully saturated rings. The second kappa shape index (κ2) is 6.35. The molecule has 0 radical (unpaired) electrons. The predicted octanol–water partition coefficient (Wildman–Crippen LogP) is 2.82. The van der Waals surface area contributed by atoms with Crippen molar-refractivity contribution >= 4 is 27.5 Å². The van der Waals surface area contributed by atoms with Crippen LogP contribution in [0.2, 0.25) is 5.02 Å². The topological polar surface area (TPSA) is 38.5 Å². The molecule has 3 nitrogen and oxygen atoms in total. The first-order valence-corrected chi connectivity index (χ1v) is 7.24. The number of hydrogen-bond donors (Lipinski definition) is 1. The van der Waals surface area contributed by atoms with Crippen molar-refractivity contribution in [3.63, 3.8) is 0 Å². The fourth-order valence-corrected chi connectivity index (χ4v) is 3.17. The van der Waals surface area contributed by atoms with Crippen molar-refractivity contribution in [3.05, 3.63) is 33.3 Å². The molecule has 18 heavy (non-hydrogen) atoms. The molecule has 2 atom stereocenters. The lowest BCUT2D eigenvalue weighted by molar-refractivity contribution is 0.139. The average molecular weight is 334 g/mol. The van der Waals surface area contributed by atoms with Gasteiger partial charge < -0.3 is 10.5 Å². The van der Waals surface area contributed by atoms with E-state index in [-0.39, 0.29) is 12.1 Å². The van der Waals surface area contributed by atoms with Crippen LogP contribution >= 0.6 is 27.5 Å². The minimum atomic E-state index is 0.150. The number of rotatable bonds is 4. The molecule has 1 heterocycles.